The third-order valence-corrected chi connectivity index (χ3v) is 8.69. The maximum absolute atomic E-state index is 13.1. The number of hydrogen-bond donors (Lipinski definition) is 0. The summed E-state index contributed by atoms with van der Waals surface area (Å²) in [5.41, 5.74) is 6.14. The van der Waals surface area contributed by atoms with Gasteiger partial charge in [0.15, 0.2) is 0 Å². The van der Waals surface area contributed by atoms with Gasteiger partial charge in [0.2, 0.25) is 0 Å². The average molecular weight is 678 g/mol. The van der Waals surface area contributed by atoms with E-state index in [0.717, 1.165) is 80.0 Å². The molecule has 2 aromatic carbocycles. The molecule has 36 heavy (non-hydrogen) atoms. The zero-order valence-electron chi connectivity index (χ0n) is 20.0. The van der Waals surface area contributed by atoms with Gasteiger partial charge in [0.25, 0.3) is 11.1 Å². The van der Waals surface area contributed by atoms with E-state index < -0.39 is 0 Å². The molecule has 2 amide bonds. The maximum Gasteiger partial charge on any atom is 0.293 e. The van der Waals surface area contributed by atoms with E-state index in [9.17, 15) is 9.59 Å². The minimum absolute atomic E-state index is 0.235. The van der Waals surface area contributed by atoms with Crippen molar-refractivity contribution in [3.63, 3.8) is 0 Å². The van der Waals surface area contributed by atoms with E-state index in [4.69, 9.17) is 4.74 Å². The number of amides is 2. The van der Waals surface area contributed by atoms with Crippen molar-refractivity contribution in [2.24, 2.45) is 0 Å². The summed E-state index contributed by atoms with van der Waals surface area (Å²) in [7, 11) is 0. The van der Waals surface area contributed by atoms with Crippen LogP contribution in [0, 0.1) is 17.4 Å². The third-order valence-electron chi connectivity index (χ3n) is 6.43. The molecule has 0 spiro atoms. The second kappa shape index (κ2) is 10.7. The van der Waals surface area contributed by atoms with Gasteiger partial charge in [0.05, 0.1) is 30.4 Å². The highest BCUT2D eigenvalue weighted by Crippen LogP contribution is 2.36. The predicted octanol–water partition coefficient (Wildman–Crippen LogP) is 6.53. The summed E-state index contributed by atoms with van der Waals surface area (Å²) in [4.78, 5) is 29.8. The largest absolute Gasteiger partial charge is 0.378 e. The number of benzene rings is 2. The molecule has 0 radical (unpaired) electrons. The number of aryl methyl sites for hydroxylation is 1. The molecule has 0 bridgehead atoms. The Balaban J connectivity index is 1.39. The Labute approximate surface area is 236 Å². The Morgan fingerprint density at radius 3 is 2.47 bits per heavy atom. The van der Waals surface area contributed by atoms with E-state index in [1.165, 1.54) is 4.90 Å². The molecule has 0 aliphatic carbocycles. The Morgan fingerprint density at radius 2 is 1.78 bits per heavy atom. The standard InChI is InChI=1S/C27H25BrIN3O3S/c1-17-13-20(14-25-26(33)31(27(34)36-25)16-19-3-5-21(29)6-4-19)18(2)32(17)22-7-8-24(23(28)15-22)30-9-11-35-12-10-30/h3-8,13-15H,9-12,16H2,1-2H3/b25-14-. The summed E-state index contributed by atoms with van der Waals surface area (Å²) >= 11 is 7.00. The number of halogens is 2. The molecule has 186 valence electrons. The third kappa shape index (κ3) is 5.16. The van der Waals surface area contributed by atoms with Crippen LogP contribution in [0.25, 0.3) is 11.8 Å². The second-order valence-electron chi connectivity index (χ2n) is 8.79. The van der Waals surface area contributed by atoms with E-state index in [2.05, 4.69) is 79.2 Å². The highest BCUT2D eigenvalue weighted by Gasteiger charge is 2.35. The molecular formula is C27H25BrIN3O3S. The van der Waals surface area contributed by atoms with Crippen molar-refractivity contribution in [1.29, 1.82) is 0 Å². The van der Waals surface area contributed by atoms with E-state index in [-0.39, 0.29) is 17.7 Å². The summed E-state index contributed by atoms with van der Waals surface area (Å²) in [6, 6.07) is 16.3. The van der Waals surface area contributed by atoms with Crippen LogP contribution in [0.15, 0.2) is 57.9 Å². The number of thioether (sulfide) groups is 1. The number of nitrogens with zero attached hydrogens (tertiary/aromatic N) is 3. The van der Waals surface area contributed by atoms with E-state index in [1.54, 1.807) is 0 Å². The maximum atomic E-state index is 13.1. The highest BCUT2D eigenvalue weighted by molar-refractivity contribution is 14.1. The van der Waals surface area contributed by atoms with Crippen LogP contribution >= 0.6 is 50.3 Å². The van der Waals surface area contributed by atoms with Crippen LogP contribution < -0.4 is 4.90 Å². The lowest BCUT2D eigenvalue weighted by Gasteiger charge is -2.30. The Hall–Kier alpha value is -2.08. The Morgan fingerprint density at radius 1 is 1.06 bits per heavy atom. The smallest absolute Gasteiger partial charge is 0.293 e. The van der Waals surface area contributed by atoms with Gasteiger partial charge in [0.1, 0.15) is 0 Å². The van der Waals surface area contributed by atoms with Crippen molar-refractivity contribution < 1.29 is 14.3 Å². The highest BCUT2D eigenvalue weighted by atomic mass is 127. The number of imide groups is 1. The molecule has 0 atom stereocenters. The summed E-state index contributed by atoms with van der Waals surface area (Å²) in [5, 5.41) is -0.235. The van der Waals surface area contributed by atoms with Crippen LogP contribution in [0.3, 0.4) is 0 Å². The number of ether oxygens (including phenoxy) is 1. The lowest BCUT2D eigenvalue weighted by molar-refractivity contribution is -0.123. The lowest BCUT2D eigenvalue weighted by atomic mass is 10.2. The van der Waals surface area contributed by atoms with Crippen LogP contribution in [0.1, 0.15) is 22.5 Å². The summed E-state index contributed by atoms with van der Waals surface area (Å²) in [6.07, 6.45) is 1.84. The molecule has 0 unspecified atom stereocenters. The molecule has 9 heteroatoms. The molecule has 0 N–H and O–H groups in total. The van der Waals surface area contributed by atoms with Gasteiger partial charge in [-0.1, -0.05) is 12.1 Å². The quantitative estimate of drug-likeness (QED) is 0.227. The van der Waals surface area contributed by atoms with Crippen molar-refractivity contribution in [2.45, 2.75) is 20.4 Å². The summed E-state index contributed by atoms with van der Waals surface area (Å²) in [6.45, 7) is 7.61. The number of carbonyl (C=O) groups is 2. The molecular weight excluding hydrogens is 653 g/mol. The van der Waals surface area contributed by atoms with Gasteiger partial charge in [-0.25, -0.2) is 0 Å². The molecule has 3 aromatic rings. The van der Waals surface area contributed by atoms with Crippen molar-refractivity contribution in [3.8, 4) is 5.69 Å². The fourth-order valence-electron chi connectivity index (χ4n) is 4.58. The van der Waals surface area contributed by atoms with Crippen molar-refractivity contribution >= 4 is 73.2 Å². The van der Waals surface area contributed by atoms with Crippen LogP contribution in [-0.4, -0.2) is 46.9 Å². The number of carbonyl (C=O) groups excluding carboxylic acids is 2. The second-order valence-corrected chi connectivity index (χ2v) is 11.9. The van der Waals surface area contributed by atoms with Crippen LogP contribution in [0.5, 0.6) is 0 Å². The van der Waals surface area contributed by atoms with Gasteiger partial charge in [-0.15, -0.1) is 0 Å². The van der Waals surface area contributed by atoms with E-state index in [1.807, 2.05) is 37.3 Å². The Bertz CT molecular complexity index is 1360. The summed E-state index contributed by atoms with van der Waals surface area (Å²) < 4.78 is 9.81. The number of aromatic nitrogens is 1. The number of hydrogen-bond acceptors (Lipinski definition) is 5. The molecule has 0 saturated carbocycles. The first-order valence-electron chi connectivity index (χ1n) is 11.6. The minimum atomic E-state index is -0.244. The first-order chi connectivity index (χ1) is 17.3. The summed E-state index contributed by atoms with van der Waals surface area (Å²) in [5.74, 6) is -0.244. The molecule has 2 saturated heterocycles. The molecule has 5 rings (SSSR count). The molecule has 2 aliphatic rings. The number of morpholine rings is 1. The van der Waals surface area contributed by atoms with Crippen molar-refractivity contribution in [3.05, 3.63) is 84.0 Å². The first kappa shape index (κ1) is 25.6. The van der Waals surface area contributed by atoms with Crippen LogP contribution in [0.2, 0.25) is 0 Å². The van der Waals surface area contributed by atoms with Crippen LogP contribution in [0.4, 0.5) is 10.5 Å². The zero-order valence-corrected chi connectivity index (χ0v) is 24.5. The molecule has 3 heterocycles. The fourth-order valence-corrected chi connectivity index (χ4v) is 6.38. The zero-order chi connectivity index (χ0) is 25.4. The fraction of sp³-hybridized carbons (Fsp3) is 0.259. The van der Waals surface area contributed by atoms with Gasteiger partial charge in [-0.3, -0.25) is 14.5 Å². The minimum Gasteiger partial charge on any atom is -0.378 e. The number of rotatable bonds is 5. The van der Waals surface area contributed by atoms with E-state index >= 15 is 0 Å². The van der Waals surface area contributed by atoms with E-state index in [0.29, 0.717) is 4.91 Å². The number of anilines is 1. The Kier molecular flexibility index (Phi) is 7.62. The molecule has 2 aliphatic heterocycles. The van der Waals surface area contributed by atoms with Gasteiger partial charge in [0, 0.05) is 38.2 Å². The first-order valence-corrected chi connectivity index (χ1v) is 14.3. The monoisotopic (exact) mass is 677 g/mol. The SMILES string of the molecule is Cc1cc(/C=C2\SC(=O)N(Cc3ccc(I)cc3)C2=O)c(C)n1-c1ccc(N2CCOCC2)c(Br)c1. The molecule has 2 fully saturated rings. The van der Waals surface area contributed by atoms with Gasteiger partial charge in [-0.2, -0.15) is 0 Å². The topological polar surface area (TPSA) is 54.8 Å². The van der Waals surface area contributed by atoms with Gasteiger partial charge < -0.3 is 14.2 Å². The normalized spacial score (nSPS) is 17.5. The van der Waals surface area contributed by atoms with Crippen molar-refractivity contribution in [2.75, 3.05) is 31.2 Å². The molecule has 6 nitrogen and oxygen atoms in total. The van der Waals surface area contributed by atoms with Gasteiger partial charge in [-0.05, 0) is 118 Å². The lowest BCUT2D eigenvalue weighted by Crippen LogP contribution is -2.36. The predicted molar refractivity (Wildman–Crippen MR) is 157 cm³/mol. The van der Waals surface area contributed by atoms with Crippen molar-refractivity contribution in [1.82, 2.24) is 9.47 Å². The molecule has 1 aromatic heterocycles. The average Bonchev–Trinajstić information content (AvgIpc) is 3.29. The van der Waals surface area contributed by atoms with Gasteiger partial charge >= 0.3 is 0 Å². The van der Waals surface area contributed by atoms with Crippen LogP contribution in [-0.2, 0) is 16.1 Å².